The van der Waals surface area contributed by atoms with Gasteiger partial charge >= 0.3 is 16.5 Å². The highest BCUT2D eigenvalue weighted by atomic mass is 32.3. The monoisotopic (exact) mass is 421 g/mol. The van der Waals surface area contributed by atoms with E-state index in [1.54, 1.807) is 7.05 Å². The Morgan fingerprint density at radius 1 is 1.07 bits per heavy atom. The Hall–Kier alpha value is -2.81. The highest BCUT2D eigenvalue weighted by Gasteiger charge is 2.13. The summed E-state index contributed by atoms with van der Waals surface area (Å²) in [5.41, 5.74) is 2.66. The number of rotatable bonds is 6. The summed E-state index contributed by atoms with van der Waals surface area (Å²) in [6.45, 7) is 2.61. The van der Waals surface area contributed by atoms with Crippen molar-refractivity contribution in [2.45, 2.75) is 25.8 Å². The highest BCUT2D eigenvalue weighted by molar-refractivity contribution is 7.81. The van der Waals surface area contributed by atoms with Crippen LogP contribution in [0.2, 0.25) is 0 Å². The van der Waals surface area contributed by atoms with Gasteiger partial charge in [0.2, 0.25) is 0 Å². The van der Waals surface area contributed by atoms with Crippen molar-refractivity contribution in [3.63, 3.8) is 0 Å². The first-order valence-electron chi connectivity index (χ1n) is 9.40. The Balaban J connectivity index is 1.53. The molecule has 0 aromatic heterocycles. The van der Waals surface area contributed by atoms with E-state index in [1.807, 2.05) is 12.1 Å². The second-order valence-electron chi connectivity index (χ2n) is 7.00. The molecule has 0 atom stereocenters. The van der Waals surface area contributed by atoms with Gasteiger partial charge in [0, 0.05) is 38.1 Å². The molecule has 0 spiro atoms. The molecule has 1 aliphatic heterocycles. The second-order valence-corrected chi connectivity index (χ2v) is 7.95. The Labute approximate surface area is 170 Å². The fourth-order valence-corrected chi connectivity index (χ4v) is 3.58. The number of urea groups is 1. The third-order valence-electron chi connectivity index (χ3n) is 4.73. The van der Waals surface area contributed by atoms with Crippen LogP contribution >= 0.6 is 0 Å². The van der Waals surface area contributed by atoms with E-state index in [0.29, 0.717) is 12.2 Å². The molecule has 7 nitrogen and oxygen atoms in total. The Morgan fingerprint density at radius 2 is 1.69 bits per heavy atom. The summed E-state index contributed by atoms with van der Waals surface area (Å²) in [6.07, 6.45) is 3.74. The van der Waals surface area contributed by atoms with Crippen LogP contribution in [0.1, 0.15) is 24.8 Å². The van der Waals surface area contributed by atoms with Crippen molar-refractivity contribution >= 4 is 27.9 Å². The molecule has 0 radical (unpaired) electrons. The molecule has 0 unspecified atom stereocenters. The van der Waals surface area contributed by atoms with E-state index in [-0.39, 0.29) is 11.8 Å². The quantitative estimate of drug-likeness (QED) is 0.715. The minimum Gasteiger partial charge on any atom is -0.372 e. The highest BCUT2D eigenvalue weighted by Crippen LogP contribution is 2.21. The number of nitrogens with zero attached hydrogens (tertiary/aromatic N) is 2. The van der Waals surface area contributed by atoms with Crippen LogP contribution in [-0.4, -0.2) is 39.5 Å². The molecular weight excluding hydrogens is 397 g/mol. The van der Waals surface area contributed by atoms with Gasteiger partial charge in [-0.1, -0.05) is 16.0 Å². The average molecular weight is 421 g/mol. The molecule has 29 heavy (non-hydrogen) atoms. The molecule has 0 aliphatic carbocycles. The minimum atomic E-state index is -5.07. The topological polar surface area (TPSA) is 79.0 Å². The van der Waals surface area contributed by atoms with Gasteiger partial charge in [0.15, 0.2) is 0 Å². The van der Waals surface area contributed by atoms with E-state index < -0.39 is 10.5 Å². The molecule has 0 bridgehead atoms. The zero-order valence-corrected chi connectivity index (χ0v) is 17.0. The third kappa shape index (κ3) is 6.35. The zero-order chi connectivity index (χ0) is 20.9. The van der Waals surface area contributed by atoms with Gasteiger partial charge in [0.1, 0.15) is 5.75 Å². The van der Waals surface area contributed by atoms with Crippen molar-refractivity contribution in [3.8, 4) is 5.75 Å². The van der Waals surface area contributed by atoms with Crippen LogP contribution in [0.25, 0.3) is 0 Å². The van der Waals surface area contributed by atoms with Crippen LogP contribution in [0.5, 0.6) is 5.75 Å². The Kier molecular flexibility index (Phi) is 6.58. The fourth-order valence-electron chi connectivity index (χ4n) is 3.24. The lowest BCUT2D eigenvalue weighted by atomic mass is 10.1. The van der Waals surface area contributed by atoms with Crippen LogP contribution in [0.4, 0.5) is 20.1 Å². The molecule has 2 aromatic carbocycles. The predicted octanol–water partition coefficient (Wildman–Crippen LogP) is 3.93. The van der Waals surface area contributed by atoms with Gasteiger partial charge in [-0.15, -0.1) is 0 Å². The second kappa shape index (κ2) is 9.13. The number of halogens is 1. The van der Waals surface area contributed by atoms with Crippen molar-refractivity contribution in [2.24, 2.45) is 0 Å². The Morgan fingerprint density at radius 3 is 2.28 bits per heavy atom. The first-order valence-corrected chi connectivity index (χ1v) is 10.7. The predicted molar refractivity (Wildman–Crippen MR) is 110 cm³/mol. The van der Waals surface area contributed by atoms with E-state index in [4.69, 9.17) is 0 Å². The van der Waals surface area contributed by atoms with Gasteiger partial charge in [0.05, 0.1) is 0 Å². The molecule has 9 heteroatoms. The number of piperidine rings is 1. The normalized spacial score (nSPS) is 14.3. The molecule has 1 N–H and O–H groups in total. The molecule has 156 valence electrons. The van der Waals surface area contributed by atoms with E-state index in [0.717, 1.165) is 18.7 Å². The number of amides is 2. The molecule has 2 amide bonds. The molecule has 1 fully saturated rings. The lowest BCUT2D eigenvalue weighted by Crippen LogP contribution is -2.31. The first-order chi connectivity index (χ1) is 13.8. The maximum absolute atomic E-state index is 12.5. The van der Waals surface area contributed by atoms with Gasteiger partial charge in [-0.05, 0) is 61.2 Å². The largest absolute Gasteiger partial charge is 0.488 e. The summed E-state index contributed by atoms with van der Waals surface area (Å²) in [6, 6.07) is 13.3. The number of carbonyl (C=O) groups is 1. The van der Waals surface area contributed by atoms with Crippen molar-refractivity contribution < 1.29 is 21.3 Å². The van der Waals surface area contributed by atoms with Crippen LogP contribution in [0.3, 0.4) is 0 Å². The van der Waals surface area contributed by atoms with E-state index in [9.17, 15) is 17.1 Å². The van der Waals surface area contributed by atoms with Crippen molar-refractivity contribution in [1.82, 2.24) is 4.90 Å². The van der Waals surface area contributed by atoms with Crippen LogP contribution in [0, 0.1) is 0 Å². The lowest BCUT2D eigenvalue weighted by molar-refractivity contribution is 0.220. The smallest absolute Gasteiger partial charge is 0.372 e. The van der Waals surface area contributed by atoms with Gasteiger partial charge in [0.25, 0.3) is 0 Å². The summed E-state index contributed by atoms with van der Waals surface area (Å²) >= 11 is 0. The molecule has 1 aliphatic rings. The van der Waals surface area contributed by atoms with Crippen LogP contribution in [-0.2, 0) is 17.0 Å². The number of benzene rings is 2. The summed E-state index contributed by atoms with van der Waals surface area (Å²) in [4.78, 5) is 16.3. The molecule has 1 saturated heterocycles. The zero-order valence-electron chi connectivity index (χ0n) is 16.2. The van der Waals surface area contributed by atoms with Gasteiger partial charge < -0.3 is 19.3 Å². The summed E-state index contributed by atoms with van der Waals surface area (Å²) < 4.78 is 37.6. The number of anilines is 2. The standard InChI is InChI=1S/C20H24FN3O4S/c1-23(15-16-5-9-18(10-6-16)24-13-3-2-4-14-24)20(25)22-17-7-11-19(12-8-17)28-29(21,26)27/h5-12H,2-4,13-15H2,1H3,(H,22,25). The minimum absolute atomic E-state index is 0.173. The summed E-state index contributed by atoms with van der Waals surface area (Å²) in [7, 11) is -3.39. The van der Waals surface area contributed by atoms with E-state index >= 15 is 0 Å². The number of hydrogen-bond donors (Lipinski definition) is 1. The summed E-state index contributed by atoms with van der Waals surface area (Å²) in [5.74, 6) is -0.173. The number of nitrogens with one attached hydrogen (secondary N) is 1. The molecule has 1 heterocycles. The SMILES string of the molecule is CN(Cc1ccc(N2CCCCC2)cc1)C(=O)Nc1ccc(OS(=O)(=O)F)cc1. The van der Waals surface area contributed by atoms with Gasteiger partial charge in [-0.3, -0.25) is 0 Å². The fraction of sp³-hybridized carbons (Fsp3) is 0.350. The number of carbonyl (C=O) groups excluding carboxylic acids is 1. The maximum atomic E-state index is 12.5. The third-order valence-corrected chi connectivity index (χ3v) is 5.12. The average Bonchev–Trinajstić information content (AvgIpc) is 2.69. The van der Waals surface area contributed by atoms with Crippen LogP contribution in [0.15, 0.2) is 48.5 Å². The van der Waals surface area contributed by atoms with Crippen molar-refractivity contribution in [3.05, 3.63) is 54.1 Å². The van der Waals surface area contributed by atoms with Crippen molar-refractivity contribution in [1.29, 1.82) is 0 Å². The number of hydrogen-bond acceptors (Lipinski definition) is 5. The molecule has 3 rings (SSSR count). The summed E-state index contributed by atoms with van der Waals surface area (Å²) in [5, 5.41) is 2.70. The lowest BCUT2D eigenvalue weighted by Gasteiger charge is -2.29. The van der Waals surface area contributed by atoms with Gasteiger partial charge in [-0.25, -0.2) is 4.79 Å². The molecule has 2 aromatic rings. The first kappa shape index (κ1) is 20.9. The van der Waals surface area contributed by atoms with E-state index in [1.165, 1.54) is 54.1 Å². The maximum Gasteiger partial charge on any atom is 0.488 e. The van der Waals surface area contributed by atoms with Gasteiger partial charge in [-0.2, -0.15) is 8.42 Å². The van der Waals surface area contributed by atoms with E-state index in [2.05, 4.69) is 26.5 Å². The molecular formula is C20H24FN3O4S. The van der Waals surface area contributed by atoms with Crippen molar-refractivity contribution in [2.75, 3.05) is 30.4 Å². The van der Waals surface area contributed by atoms with Crippen LogP contribution < -0.4 is 14.4 Å². The Bertz CT molecular complexity index is 927. The molecule has 0 saturated carbocycles.